The molecule has 19 heavy (non-hydrogen) atoms. The molecule has 2 rings (SSSR count). The molecule has 0 saturated carbocycles. The van der Waals surface area contributed by atoms with Gasteiger partial charge in [0.25, 0.3) is 0 Å². The van der Waals surface area contributed by atoms with Gasteiger partial charge in [0.15, 0.2) is 5.78 Å². The van der Waals surface area contributed by atoms with Gasteiger partial charge in [-0.25, -0.2) is 0 Å². The molecule has 2 unspecified atom stereocenters. The maximum atomic E-state index is 12.8. The number of hydrogen-bond acceptors (Lipinski definition) is 5. The second kappa shape index (κ2) is 5.19. The summed E-state index contributed by atoms with van der Waals surface area (Å²) >= 11 is 0. The molecule has 5 nitrogen and oxygen atoms in total. The first kappa shape index (κ1) is 13.8. The van der Waals surface area contributed by atoms with Gasteiger partial charge in [0.2, 0.25) is 0 Å². The fourth-order valence-corrected chi connectivity index (χ4v) is 2.28. The highest BCUT2D eigenvalue weighted by Crippen LogP contribution is 2.38. The first-order valence-corrected chi connectivity index (χ1v) is 6.13. The molecule has 1 heterocycles. The van der Waals surface area contributed by atoms with E-state index in [0.29, 0.717) is 30.3 Å². The van der Waals surface area contributed by atoms with Crippen molar-refractivity contribution in [3.8, 4) is 11.5 Å². The average molecular weight is 265 g/mol. The highest BCUT2D eigenvalue weighted by atomic mass is 16.5. The first-order valence-electron chi connectivity index (χ1n) is 6.13. The van der Waals surface area contributed by atoms with Crippen LogP contribution in [0.25, 0.3) is 0 Å². The molecule has 1 aromatic carbocycles. The van der Waals surface area contributed by atoms with E-state index in [-0.39, 0.29) is 11.8 Å². The van der Waals surface area contributed by atoms with Gasteiger partial charge < -0.3 is 19.9 Å². The fourth-order valence-electron chi connectivity index (χ4n) is 2.28. The molecule has 0 aromatic heterocycles. The standard InChI is InChI=1S/C14H19NO4/c1-14(8-19-7-11(14)15)13(16)12-9(17-2)5-4-6-10(12)18-3/h4-6,11H,7-8,15H2,1-3H3. The van der Waals surface area contributed by atoms with Crippen LogP contribution in [0.2, 0.25) is 0 Å². The number of hydrogen-bond donors (Lipinski definition) is 1. The topological polar surface area (TPSA) is 70.8 Å². The third-order valence-corrected chi connectivity index (χ3v) is 3.69. The van der Waals surface area contributed by atoms with Crippen molar-refractivity contribution >= 4 is 5.78 Å². The molecule has 5 heteroatoms. The smallest absolute Gasteiger partial charge is 0.180 e. The van der Waals surface area contributed by atoms with Crippen LogP contribution < -0.4 is 15.2 Å². The summed E-state index contributed by atoms with van der Waals surface area (Å²) in [4.78, 5) is 12.8. The highest BCUT2D eigenvalue weighted by Gasteiger charge is 2.46. The monoisotopic (exact) mass is 265 g/mol. The van der Waals surface area contributed by atoms with Gasteiger partial charge in [0, 0.05) is 6.04 Å². The van der Waals surface area contributed by atoms with E-state index in [1.54, 1.807) is 18.2 Å². The minimum Gasteiger partial charge on any atom is -0.496 e. The number of ketones is 1. The van der Waals surface area contributed by atoms with Crippen LogP contribution in [0.1, 0.15) is 17.3 Å². The van der Waals surface area contributed by atoms with Crippen molar-refractivity contribution in [2.75, 3.05) is 27.4 Å². The Bertz CT molecular complexity index is 466. The predicted octanol–water partition coefficient (Wildman–Crippen LogP) is 1.25. The van der Waals surface area contributed by atoms with Gasteiger partial charge in [0.1, 0.15) is 17.1 Å². The lowest BCUT2D eigenvalue weighted by Gasteiger charge is -2.26. The van der Waals surface area contributed by atoms with E-state index in [0.717, 1.165) is 0 Å². The van der Waals surface area contributed by atoms with Crippen LogP contribution in [-0.4, -0.2) is 39.3 Å². The Morgan fingerprint density at radius 2 is 1.95 bits per heavy atom. The number of benzene rings is 1. The molecule has 1 saturated heterocycles. The molecule has 0 radical (unpaired) electrons. The summed E-state index contributed by atoms with van der Waals surface area (Å²) in [6.45, 7) is 2.52. The molecule has 2 N–H and O–H groups in total. The van der Waals surface area contributed by atoms with Crippen LogP contribution in [0.5, 0.6) is 11.5 Å². The first-order chi connectivity index (χ1) is 9.04. The zero-order chi connectivity index (χ0) is 14.0. The number of carbonyl (C=O) groups is 1. The maximum Gasteiger partial charge on any atom is 0.180 e. The second-order valence-electron chi connectivity index (χ2n) is 4.91. The van der Waals surface area contributed by atoms with Gasteiger partial charge in [0.05, 0.1) is 32.8 Å². The van der Waals surface area contributed by atoms with E-state index in [2.05, 4.69) is 0 Å². The zero-order valence-electron chi connectivity index (χ0n) is 11.4. The Labute approximate surface area is 112 Å². The fraction of sp³-hybridized carbons (Fsp3) is 0.500. The molecule has 104 valence electrons. The molecular formula is C14H19NO4. The molecular weight excluding hydrogens is 246 g/mol. The van der Waals surface area contributed by atoms with Crippen LogP contribution in [0.4, 0.5) is 0 Å². The Kier molecular flexibility index (Phi) is 3.78. The minimum absolute atomic E-state index is 0.105. The van der Waals surface area contributed by atoms with E-state index in [4.69, 9.17) is 19.9 Å². The van der Waals surface area contributed by atoms with Crippen LogP contribution >= 0.6 is 0 Å². The van der Waals surface area contributed by atoms with Gasteiger partial charge >= 0.3 is 0 Å². The Balaban J connectivity index is 2.49. The zero-order valence-corrected chi connectivity index (χ0v) is 11.4. The van der Waals surface area contributed by atoms with Crippen molar-refractivity contribution in [2.24, 2.45) is 11.1 Å². The van der Waals surface area contributed by atoms with E-state index >= 15 is 0 Å². The normalized spacial score (nSPS) is 26.2. The molecule has 0 aliphatic carbocycles. The Hall–Kier alpha value is -1.59. The largest absolute Gasteiger partial charge is 0.496 e. The lowest BCUT2D eigenvalue weighted by atomic mass is 9.78. The van der Waals surface area contributed by atoms with Crippen LogP contribution in [0.15, 0.2) is 18.2 Å². The molecule has 0 spiro atoms. The molecule has 1 fully saturated rings. The summed E-state index contributed by atoms with van der Waals surface area (Å²) in [6.07, 6.45) is 0. The number of Topliss-reactive ketones (excluding diaryl/α,β-unsaturated/α-hetero) is 1. The number of methoxy groups -OCH3 is 2. The number of nitrogens with two attached hydrogens (primary N) is 1. The van der Waals surface area contributed by atoms with Gasteiger partial charge in [-0.2, -0.15) is 0 Å². The predicted molar refractivity (Wildman–Crippen MR) is 70.8 cm³/mol. The maximum absolute atomic E-state index is 12.8. The Morgan fingerprint density at radius 1 is 1.37 bits per heavy atom. The lowest BCUT2D eigenvalue weighted by molar-refractivity contribution is 0.0761. The molecule has 0 bridgehead atoms. The van der Waals surface area contributed by atoms with Crippen molar-refractivity contribution in [1.82, 2.24) is 0 Å². The lowest BCUT2D eigenvalue weighted by Crippen LogP contribution is -2.44. The number of ether oxygens (including phenoxy) is 3. The second-order valence-corrected chi connectivity index (χ2v) is 4.91. The van der Waals surface area contributed by atoms with Crippen molar-refractivity contribution in [1.29, 1.82) is 0 Å². The van der Waals surface area contributed by atoms with E-state index in [1.807, 2.05) is 6.92 Å². The summed E-state index contributed by atoms with van der Waals surface area (Å²) in [5, 5.41) is 0. The van der Waals surface area contributed by atoms with Gasteiger partial charge in [-0.15, -0.1) is 0 Å². The van der Waals surface area contributed by atoms with Crippen molar-refractivity contribution < 1.29 is 19.0 Å². The minimum atomic E-state index is -0.748. The van der Waals surface area contributed by atoms with E-state index < -0.39 is 5.41 Å². The van der Waals surface area contributed by atoms with Crippen molar-refractivity contribution in [3.63, 3.8) is 0 Å². The van der Waals surface area contributed by atoms with Crippen LogP contribution in [0, 0.1) is 5.41 Å². The molecule has 1 aromatic rings. The molecule has 1 aliphatic heterocycles. The van der Waals surface area contributed by atoms with Gasteiger partial charge in [-0.3, -0.25) is 4.79 Å². The summed E-state index contributed by atoms with van der Waals surface area (Å²) in [7, 11) is 3.05. The molecule has 1 aliphatic rings. The van der Waals surface area contributed by atoms with Crippen LogP contribution in [0.3, 0.4) is 0 Å². The summed E-state index contributed by atoms with van der Waals surface area (Å²) < 4.78 is 15.9. The number of rotatable bonds is 4. The van der Waals surface area contributed by atoms with Crippen LogP contribution in [-0.2, 0) is 4.74 Å². The average Bonchev–Trinajstić information content (AvgIpc) is 2.78. The number of carbonyl (C=O) groups excluding carboxylic acids is 1. The van der Waals surface area contributed by atoms with E-state index in [9.17, 15) is 4.79 Å². The summed E-state index contributed by atoms with van der Waals surface area (Å²) in [6, 6.07) is 4.93. The SMILES string of the molecule is COc1cccc(OC)c1C(=O)C1(C)COCC1N. The molecule has 0 amide bonds. The third-order valence-electron chi connectivity index (χ3n) is 3.69. The van der Waals surface area contributed by atoms with Crippen molar-refractivity contribution in [2.45, 2.75) is 13.0 Å². The Morgan fingerprint density at radius 3 is 2.37 bits per heavy atom. The van der Waals surface area contributed by atoms with Gasteiger partial charge in [-0.05, 0) is 19.1 Å². The van der Waals surface area contributed by atoms with E-state index in [1.165, 1.54) is 14.2 Å². The molecule has 2 atom stereocenters. The summed E-state index contributed by atoms with van der Waals surface area (Å²) in [5.74, 6) is 0.876. The van der Waals surface area contributed by atoms with Gasteiger partial charge in [-0.1, -0.05) is 6.07 Å². The van der Waals surface area contributed by atoms with Crippen molar-refractivity contribution in [3.05, 3.63) is 23.8 Å². The quantitative estimate of drug-likeness (QED) is 0.830. The highest BCUT2D eigenvalue weighted by molar-refractivity contribution is 6.05. The summed E-state index contributed by atoms with van der Waals surface area (Å²) in [5.41, 5.74) is 5.69. The third kappa shape index (κ3) is 2.19.